The third kappa shape index (κ3) is 5.95. The van der Waals surface area contributed by atoms with Gasteiger partial charge < -0.3 is 25.9 Å². The summed E-state index contributed by atoms with van der Waals surface area (Å²) in [6.07, 6.45) is 4.82. The number of β-amino-alcohol motifs (C(OH)–C–C–N with tert-alkyl or cyclic N) is 1. The molecule has 3 aromatic rings. The standard InChI is InChI=1S/C30H37ClN8O4/c1-15-12-34-22(17(3)25(15)43-5)14-39-27-24(26(31)36-30(32)37-27)20(29(39)42)11-21-16(2)23(18(4)35-21)28(41)33-8-10-38-9-6-7-19(40)13-38/h11-12,19,35,40H,6-10,13-14H2,1-5H3,(H,33,41)(H2,32,36,37). The molecule has 3 aromatic heterocycles. The second-order valence-electron chi connectivity index (χ2n) is 11.1. The summed E-state index contributed by atoms with van der Waals surface area (Å²) in [5.41, 5.74) is 11.4. The number of fused-ring (bicyclic) bond motifs is 1. The van der Waals surface area contributed by atoms with Crippen molar-refractivity contribution in [2.75, 3.05) is 43.9 Å². The van der Waals surface area contributed by atoms with Crippen LogP contribution in [0.3, 0.4) is 0 Å². The number of aliphatic hydroxyl groups is 1. The van der Waals surface area contributed by atoms with E-state index in [1.54, 1.807) is 19.4 Å². The Bertz CT molecular complexity index is 1620. The van der Waals surface area contributed by atoms with E-state index in [2.05, 4.69) is 30.2 Å². The van der Waals surface area contributed by atoms with Crippen molar-refractivity contribution in [3.05, 3.63) is 56.2 Å². The molecule has 5 rings (SSSR count). The number of nitrogens with zero attached hydrogens (tertiary/aromatic N) is 5. The first-order valence-corrected chi connectivity index (χ1v) is 14.6. The van der Waals surface area contributed by atoms with E-state index in [0.717, 1.165) is 30.5 Å². The van der Waals surface area contributed by atoms with Crippen LogP contribution in [0.15, 0.2) is 6.20 Å². The number of piperidine rings is 1. The first kappa shape index (κ1) is 30.5. The Morgan fingerprint density at radius 3 is 2.77 bits per heavy atom. The minimum atomic E-state index is -0.348. The third-order valence-electron chi connectivity index (χ3n) is 8.11. The Labute approximate surface area is 255 Å². The van der Waals surface area contributed by atoms with Gasteiger partial charge in [-0.3, -0.25) is 24.4 Å². The molecule has 0 spiro atoms. The van der Waals surface area contributed by atoms with Crippen LogP contribution in [0.4, 0.5) is 11.8 Å². The van der Waals surface area contributed by atoms with Crippen molar-refractivity contribution in [1.29, 1.82) is 0 Å². The fraction of sp³-hybridized carbons (Fsp3) is 0.433. The van der Waals surface area contributed by atoms with Gasteiger partial charge in [-0.25, -0.2) is 4.98 Å². The highest BCUT2D eigenvalue weighted by Crippen LogP contribution is 2.42. The third-order valence-corrected chi connectivity index (χ3v) is 8.38. The molecule has 5 N–H and O–H groups in total. The highest BCUT2D eigenvalue weighted by atomic mass is 35.5. The molecule has 228 valence electrons. The zero-order valence-corrected chi connectivity index (χ0v) is 25.8. The zero-order valence-electron chi connectivity index (χ0n) is 25.0. The van der Waals surface area contributed by atoms with Crippen molar-refractivity contribution in [3.8, 4) is 5.75 Å². The fourth-order valence-electron chi connectivity index (χ4n) is 5.93. The van der Waals surface area contributed by atoms with Gasteiger partial charge in [0.05, 0.1) is 42.2 Å². The van der Waals surface area contributed by atoms with Crippen LogP contribution < -0.4 is 20.7 Å². The van der Waals surface area contributed by atoms with E-state index in [1.807, 2.05) is 27.7 Å². The topological polar surface area (TPSA) is 163 Å². The summed E-state index contributed by atoms with van der Waals surface area (Å²) in [5.74, 6) is 0.371. The van der Waals surface area contributed by atoms with Crippen LogP contribution in [0.2, 0.25) is 5.15 Å². The molecule has 1 atom stereocenters. The number of H-pyrrole nitrogens is 1. The number of nitrogens with one attached hydrogen (secondary N) is 2. The molecule has 2 aliphatic rings. The Balaban J connectivity index is 1.43. The molecule has 12 nitrogen and oxygen atoms in total. The first-order valence-electron chi connectivity index (χ1n) is 14.2. The number of aryl methyl sites for hydroxylation is 2. The molecule has 1 unspecified atom stereocenters. The summed E-state index contributed by atoms with van der Waals surface area (Å²) in [6, 6.07) is 0. The number of ether oxygens (including phenoxy) is 1. The second-order valence-corrected chi connectivity index (χ2v) is 11.4. The minimum absolute atomic E-state index is 0.0532. The van der Waals surface area contributed by atoms with Crippen LogP contribution in [-0.4, -0.2) is 81.1 Å². The van der Waals surface area contributed by atoms with Crippen LogP contribution >= 0.6 is 11.6 Å². The van der Waals surface area contributed by atoms with Crippen LogP contribution in [-0.2, 0) is 11.3 Å². The van der Waals surface area contributed by atoms with E-state index >= 15 is 0 Å². The normalized spacial score (nSPS) is 17.9. The molecular formula is C30H37ClN8O4. The lowest BCUT2D eigenvalue weighted by atomic mass is 10.1. The average Bonchev–Trinajstić information content (AvgIpc) is 3.37. The van der Waals surface area contributed by atoms with Crippen LogP contribution in [0.25, 0.3) is 11.6 Å². The summed E-state index contributed by atoms with van der Waals surface area (Å²) < 4.78 is 5.55. The monoisotopic (exact) mass is 608 g/mol. The van der Waals surface area contributed by atoms with Crippen LogP contribution in [0.5, 0.6) is 5.75 Å². The van der Waals surface area contributed by atoms with Crippen molar-refractivity contribution in [2.24, 2.45) is 0 Å². The summed E-state index contributed by atoms with van der Waals surface area (Å²) in [4.78, 5) is 47.0. The highest BCUT2D eigenvalue weighted by Gasteiger charge is 2.38. The molecule has 0 aromatic carbocycles. The van der Waals surface area contributed by atoms with Crippen molar-refractivity contribution < 1.29 is 19.4 Å². The number of nitrogen functional groups attached to an aromatic ring is 1. The number of nitrogens with two attached hydrogens (primary N) is 1. The van der Waals surface area contributed by atoms with Gasteiger partial charge in [0.15, 0.2) is 5.82 Å². The molecule has 43 heavy (non-hydrogen) atoms. The quantitative estimate of drug-likeness (QED) is 0.222. The number of halogens is 1. The van der Waals surface area contributed by atoms with Gasteiger partial charge in [0.25, 0.3) is 11.8 Å². The fourth-order valence-corrected chi connectivity index (χ4v) is 6.20. The summed E-state index contributed by atoms with van der Waals surface area (Å²) >= 11 is 6.55. The summed E-state index contributed by atoms with van der Waals surface area (Å²) in [7, 11) is 1.60. The van der Waals surface area contributed by atoms with Crippen molar-refractivity contribution in [1.82, 2.24) is 30.2 Å². The van der Waals surface area contributed by atoms with Gasteiger partial charge >= 0.3 is 0 Å². The summed E-state index contributed by atoms with van der Waals surface area (Å²) in [5, 5.41) is 13.0. The van der Waals surface area contributed by atoms with Crippen LogP contribution in [0.1, 0.15) is 62.5 Å². The number of methoxy groups -OCH3 is 1. The Morgan fingerprint density at radius 2 is 2.05 bits per heavy atom. The van der Waals surface area contributed by atoms with Gasteiger partial charge in [-0.2, -0.15) is 4.98 Å². The molecule has 0 bridgehead atoms. The van der Waals surface area contributed by atoms with Gasteiger partial charge in [0.2, 0.25) is 5.95 Å². The van der Waals surface area contributed by atoms with E-state index in [9.17, 15) is 14.7 Å². The lowest BCUT2D eigenvalue weighted by molar-refractivity contribution is -0.113. The van der Waals surface area contributed by atoms with Crippen molar-refractivity contribution in [3.63, 3.8) is 0 Å². The zero-order chi connectivity index (χ0) is 31.0. The van der Waals surface area contributed by atoms with Gasteiger partial charge in [0, 0.05) is 48.3 Å². The number of amides is 2. The molecule has 2 aliphatic heterocycles. The number of anilines is 2. The smallest absolute Gasteiger partial charge is 0.260 e. The number of carbonyl (C=O) groups excluding carboxylic acids is 2. The number of rotatable bonds is 8. The van der Waals surface area contributed by atoms with Gasteiger partial charge in [-0.15, -0.1) is 0 Å². The minimum Gasteiger partial charge on any atom is -0.496 e. The number of likely N-dealkylation sites (tertiary alicyclic amines) is 1. The number of hydrogen-bond donors (Lipinski definition) is 4. The van der Waals surface area contributed by atoms with Crippen molar-refractivity contribution in [2.45, 2.75) is 53.2 Å². The maximum atomic E-state index is 13.9. The highest BCUT2D eigenvalue weighted by molar-refractivity contribution is 6.41. The number of pyridine rings is 1. The number of carbonyl (C=O) groups is 2. The Morgan fingerprint density at radius 1 is 1.28 bits per heavy atom. The number of aromatic nitrogens is 4. The van der Waals surface area contributed by atoms with E-state index < -0.39 is 0 Å². The average molecular weight is 609 g/mol. The first-order chi connectivity index (χ1) is 20.5. The molecule has 13 heteroatoms. The van der Waals surface area contributed by atoms with E-state index in [4.69, 9.17) is 22.1 Å². The van der Waals surface area contributed by atoms with Crippen LogP contribution in [0, 0.1) is 27.7 Å². The molecule has 0 saturated carbocycles. The SMILES string of the molecule is COc1c(C)cnc(CN2C(=O)C(=Cc3[nH]c(C)c(C(=O)NCCN4CCCC(O)C4)c3C)c3c(Cl)nc(N)nc32)c1C. The molecule has 0 aliphatic carbocycles. The molecule has 2 amide bonds. The molecule has 5 heterocycles. The molecular weight excluding hydrogens is 572 g/mol. The van der Waals surface area contributed by atoms with Gasteiger partial charge in [-0.05, 0) is 58.7 Å². The molecule has 1 fully saturated rings. The number of aromatic amines is 1. The maximum absolute atomic E-state index is 13.9. The van der Waals surface area contributed by atoms with E-state index in [1.165, 1.54) is 4.90 Å². The molecule has 1 saturated heterocycles. The van der Waals surface area contributed by atoms with E-state index in [-0.39, 0.29) is 47.0 Å². The van der Waals surface area contributed by atoms with Gasteiger partial charge in [0.1, 0.15) is 10.9 Å². The number of hydrogen-bond acceptors (Lipinski definition) is 9. The second kappa shape index (κ2) is 12.3. The summed E-state index contributed by atoms with van der Waals surface area (Å²) in [6.45, 7) is 10.2. The predicted molar refractivity (Wildman–Crippen MR) is 165 cm³/mol. The van der Waals surface area contributed by atoms with Gasteiger partial charge in [-0.1, -0.05) is 11.6 Å². The lowest BCUT2D eigenvalue weighted by Crippen LogP contribution is -2.42. The maximum Gasteiger partial charge on any atom is 0.260 e. The van der Waals surface area contributed by atoms with E-state index in [0.29, 0.717) is 59.2 Å². The Kier molecular flexibility index (Phi) is 8.72. The Hall–Kier alpha value is -4.00. The van der Waals surface area contributed by atoms with Crippen molar-refractivity contribution >= 4 is 46.8 Å². The largest absolute Gasteiger partial charge is 0.496 e. The lowest BCUT2D eigenvalue weighted by Gasteiger charge is -2.29. The number of aliphatic hydroxyl groups excluding tert-OH is 1. The predicted octanol–water partition coefficient (Wildman–Crippen LogP) is 2.95. The molecule has 0 radical (unpaired) electrons.